The number of aryl methyl sites for hydroxylation is 1. The van der Waals surface area contributed by atoms with Crippen molar-refractivity contribution in [1.82, 2.24) is 10.2 Å². The fourth-order valence-corrected chi connectivity index (χ4v) is 3.66. The summed E-state index contributed by atoms with van der Waals surface area (Å²) in [6.07, 6.45) is 0.282. The zero-order chi connectivity index (χ0) is 17.9. The third kappa shape index (κ3) is 3.87. The molecule has 0 bridgehead atoms. The zero-order valence-electron chi connectivity index (χ0n) is 13.4. The van der Waals surface area contributed by atoms with E-state index in [4.69, 9.17) is 0 Å². The van der Waals surface area contributed by atoms with Crippen LogP contribution in [0.3, 0.4) is 0 Å². The standard InChI is InChI=1S/C16H19FN2O4S/c1-3-13(20)19-8-24-7-12(19)15(21)18-14(16(22)23)10-4-5-11(17)9(2)6-10/h4-6,12,14H,3,7-8H2,1-2H3,(H,18,21)(H,22,23). The highest BCUT2D eigenvalue weighted by molar-refractivity contribution is 7.99. The molecule has 2 unspecified atom stereocenters. The number of aliphatic carboxylic acids is 1. The van der Waals surface area contributed by atoms with Gasteiger partial charge in [0.2, 0.25) is 11.8 Å². The van der Waals surface area contributed by atoms with Gasteiger partial charge in [-0.05, 0) is 24.1 Å². The molecule has 0 saturated carbocycles. The Bertz CT molecular complexity index is 667. The summed E-state index contributed by atoms with van der Waals surface area (Å²) in [4.78, 5) is 37.3. The molecule has 2 amide bonds. The van der Waals surface area contributed by atoms with E-state index in [9.17, 15) is 23.9 Å². The SMILES string of the molecule is CCC(=O)N1CSCC1C(=O)NC(C(=O)O)c1ccc(F)c(C)c1. The molecule has 0 aromatic heterocycles. The van der Waals surface area contributed by atoms with Gasteiger partial charge >= 0.3 is 5.97 Å². The number of halogens is 1. The summed E-state index contributed by atoms with van der Waals surface area (Å²) in [5.74, 6) is -1.51. The van der Waals surface area contributed by atoms with E-state index in [-0.39, 0.29) is 17.9 Å². The smallest absolute Gasteiger partial charge is 0.330 e. The normalized spacial score (nSPS) is 18.3. The molecule has 0 radical (unpaired) electrons. The second-order valence-electron chi connectivity index (χ2n) is 5.52. The van der Waals surface area contributed by atoms with Crippen LogP contribution in [0.5, 0.6) is 0 Å². The van der Waals surface area contributed by atoms with Crippen molar-refractivity contribution in [3.63, 3.8) is 0 Å². The Morgan fingerprint density at radius 3 is 2.75 bits per heavy atom. The van der Waals surface area contributed by atoms with Gasteiger partial charge in [0.25, 0.3) is 0 Å². The van der Waals surface area contributed by atoms with E-state index in [2.05, 4.69) is 5.32 Å². The molecule has 1 aromatic rings. The quantitative estimate of drug-likeness (QED) is 0.840. The van der Waals surface area contributed by atoms with Crippen LogP contribution in [-0.2, 0) is 14.4 Å². The zero-order valence-corrected chi connectivity index (χ0v) is 14.2. The molecule has 1 aliphatic heterocycles. The van der Waals surface area contributed by atoms with Gasteiger partial charge in [-0.15, -0.1) is 11.8 Å². The molecule has 0 aliphatic carbocycles. The van der Waals surface area contributed by atoms with Crippen molar-refractivity contribution < 1.29 is 23.9 Å². The summed E-state index contributed by atoms with van der Waals surface area (Å²) in [6.45, 7) is 3.23. The van der Waals surface area contributed by atoms with Gasteiger partial charge in [-0.25, -0.2) is 9.18 Å². The minimum Gasteiger partial charge on any atom is -0.479 e. The third-order valence-electron chi connectivity index (χ3n) is 3.86. The molecule has 24 heavy (non-hydrogen) atoms. The van der Waals surface area contributed by atoms with E-state index in [0.717, 1.165) is 0 Å². The van der Waals surface area contributed by atoms with Gasteiger partial charge in [0.1, 0.15) is 11.9 Å². The van der Waals surface area contributed by atoms with E-state index in [0.29, 0.717) is 17.2 Å². The number of rotatable bonds is 5. The Hall–Kier alpha value is -2.09. The van der Waals surface area contributed by atoms with E-state index in [1.54, 1.807) is 6.92 Å². The Morgan fingerprint density at radius 2 is 2.17 bits per heavy atom. The van der Waals surface area contributed by atoms with Gasteiger partial charge < -0.3 is 15.3 Å². The molecule has 2 atom stereocenters. The molecule has 8 heteroatoms. The van der Waals surface area contributed by atoms with Crippen LogP contribution >= 0.6 is 11.8 Å². The Labute approximate surface area is 143 Å². The van der Waals surface area contributed by atoms with Crippen molar-refractivity contribution in [3.8, 4) is 0 Å². The van der Waals surface area contributed by atoms with Crippen molar-refractivity contribution >= 4 is 29.5 Å². The molecular formula is C16H19FN2O4S. The second kappa shape index (κ2) is 7.65. The lowest BCUT2D eigenvalue weighted by Crippen LogP contribution is -2.49. The molecule has 0 spiro atoms. The lowest BCUT2D eigenvalue weighted by atomic mass is 10.0. The van der Waals surface area contributed by atoms with Crippen LogP contribution in [0, 0.1) is 12.7 Å². The van der Waals surface area contributed by atoms with Crippen LogP contribution in [0.4, 0.5) is 4.39 Å². The molecule has 1 heterocycles. The van der Waals surface area contributed by atoms with Gasteiger partial charge in [-0.3, -0.25) is 9.59 Å². The van der Waals surface area contributed by atoms with Crippen LogP contribution in [-0.4, -0.2) is 45.5 Å². The van der Waals surface area contributed by atoms with E-state index >= 15 is 0 Å². The number of carbonyl (C=O) groups excluding carboxylic acids is 2. The van der Waals surface area contributed by atoms with Crippen LogP contribution in [0.2, 0.25) is 0 Å². The summed E-state index contributed by atoms with van der Waals surface area (Å²) in [6, 6.07) is 1.92. The summed E-state index contributed by atoms with van der Waals surface area (Å²) >= 11 is 1.45. The average Bonchev–Trinajstić information content (AvgIpc) is 3.03. The molecular weight excluding hydrogens is 335 g/mol. The number of carboxylic acids is 1. The third-order valence-corrected chi connectivity index (χ3v) is 4.87. The van der Waals surface area contributed by atoms with E-state index in [1.165, 1.54) is 41.8 Å². The van der Waals surface area contributed by atoms with Crippen molar-refractivity contribution in [2.75, 3.05) is 11.6 Å². The molecule has 1 saturated heterocycles. The molecule has 2 rings (SSSR count). The van der Waals surface area contributed by atoms with Crippen LogP contribution in [0.15, 0.2) is 18.2 Å². The number of benzene rings is 1. The summed E-state index contributed by atoms with van der Waals surface area (Å²) in [5, 5.41) is 11.9. The fourth-order valence-electron chi connectivity index (χ4n) is 2.48. The topological polar surface area (TPSA) is 86.7 Å². The number of nitrogens with zero attached hydrogens (tertiary/aromatic N) is 1. The number of amides is 2. The highest BCUT2D eigenvalue weighted by Gasteiger charge is 2.36. The second-order valence-corrected chi connectivity index (χ2v) is 6.52. The Balaban J connectivity index is 2.18. The van der Waals surface area contributed by atoms with Gasteiger partial charge in [-0.1, -0.05) is 19.1 Å². The highest BCUT2D eigenvalue weighted by Crippen LogP contribution is 2.23. The first-order chi connectivity index (χ1) is 11.3. The van der Waals surface area contributed by atoms with Gasteiger partial charge in [-0.2, -0.15) is 0 Å². The number of carboxylic acid groups (broad SMARTS) is 1. The predicted octanol–water partition coefficient (Wildman–Crippen LogP) is 1.69. The van der Waals surface area contributed by atoms with Crippen molar-refractivity contribution in [3.05, 3.63) is 35.1 Å². The number of thioether (sulfide) groups is 1. The van der Waals surface area contributed by atoms with Gasteiger partial charge in [0.15, 0.2) is 6.04 Å². The Morgan fingerprint density at radius 1 is 1.46 bits per heavy atom. The largest absolute Gasteiger partial charge is 0.479 e. The number of carbonyl (C=O) groups is 3. The molecule has 6 nitrogen and oxygen atoms in total. The average molecular weight is 354 g/mol. The highest BCUT2D eigenvalue weighted by atomic mass is 32.2. The minimum absolute atomic E-state index is 0.148. The maximum absolute atomic E-state index is 13.4. The minimum atomic E-state index is -1.29. The van der Waals surface area contributed by atoms with Crippen molar-refractivity contribution in [2.24, 2.45) is 0 Å². The predicted molar refractivity (Wildman–Crippen MR) is 87.9 cm³/mol. The summed E-state index contributed by atoms with van der Waals surface area (Å²) in [7, 11) is 0. The van der Waals surface area contributed by atoms with E-state index < -0.39 is 29.8 Å². The molecule has 2 N–H and O–H groups in total. The first-order valence-electron chi connectivity index (χ1n) is 7.51. The monoisotopic (exact) mass is 354 g/mol. The molecule has 1 fully saturated rings. The first kappa shape index (κ1) is 18.3. The molecule has 130 valence electrons. The maximum atomic E-state index is 13.4. The lowest BCUT2D eigenvalue weighted by molar-refractivity contribution is -0.143. The maximum Gasteiger partial charge on any atom is 0.330 e. The van der Waals surface area contributed by atoms with Gasteiger partial charge in [0.05, 0.1) is 5.88 Å². The van der Waals surface area contributed by atoms with Crippen molar-refractivity contribution in [1.29, 1.82) is 0 Å². The number of hydrogen-bond acceptors (Lipinski definition) is 4. The van der Waals surface area contributed by atoms with Crippen LogP contribution < -0.4 is 5.32 Å². The van der Waals surface area contributed by atoms with Crippen LogP contribution in [0.1, 0.15) is 30.5 Å². The molecule has 1 aliphatic rings. The fraction of sp³-hybridized carbons (Fsp3) is 0.438. The number of hydrogen-bond donors (Lipinski definition) is 2. The first-order valence-corrected chi connectivity index (χ1v) is 8.67. The Kier molecular flexibility index (Phi) is 5.82. The molecule has 1 aromatic carbocycles. The van der Waals surface area contributed by atoms with Crippen LogP contribution in [0.25, 0.3) is 0 Å². The van der Waals surface area contributed by atoms with E-state index in [1.807, 2.05) is 0 Å². The number of nitrogens with one attached hydrogen (secondary N) is 1. The lowest BCUT2D eigenvalue weighted by Gasteiger charge is -2.24. The van der Waals surface area contributed by atoms with Gasteiger partial charge in [0, 0.05) is 12.2 Å². The summed E-state index contributed by atoms with van der Waals surface area (Å²) < 4.78 is 13.4. The summed E-state index contributed by atoms with van der Waals surface area (Å²) in [5.41, 5.74) is 0.584. The van der Waals surface area contributed by atoms with Crippen molar-refractivity contribution in [2.45, 2.75) is 32.4 Å².